The first kappa shape index (κ1) is 19.2. The van der Waals surface area contributed by atoms with Crippen LogP contribution in [0.4, 0.5) is 5.69 Å². The lowest BCUT2D eigenvalue weighted by molar-refractivity contribution is -0.123. The van der Waals surface area contributed by atoms with Gasteiger partial charge in [0.2, 0.25) is 0 Å². The second-order valence-electron chi connectivity index (χ2n) is 5.49. The molecule has 8 heteroatoms. The molecule has 134 valence electrons. The Labute approximate surface area is 155 Å². The van der Waals surface area contributed by atoms with Crippen LogP contribution in [0.5, 0.6) is 5.75 Å². The number of methoxy groups -OCH3 is 1. The van der Waals surface area contributed by atoms with Gasteiger partial charge in [-0.2, -0.15) is 0 Å². The molecule has 0 aliphatic heterocycles. The summed E-state index contributed by atoms with van der Waals surface area (Å²) in [6.07, 6.45) is -0.977. The van der Waals surface area contributed by atoms with Crippen molar-refractivity contribution in [3.63, 3.8) is 0 Å². The highest BCUT2D eigenvalue weighted by molar-refractivity contribution is 7.13. The van der Waals surface area contributed by atoms with Crippen molar-refractivity contribution in [2.24, 2.45) is 0 Å². The topological polar surface area (TPSA) is 77.5 Å². The number of carbonyl (C=O) groups excluding carboxylic acids is 2. The number of esters is 1. The fourth-order valence-corrected chi connectivity index (χ4v) is 3.11. The highest BCUT2D eigenvalue weighted by atomic mass is 35.5. The van der Waals surface area contributed by atoms with E-state index in [1.54, 1.807) is 26.0 Å². The van der Waals surface area contributed by atoms with Crippen LogP contribution in [0.15, 0.2) is 12.1 Å². The van der Waals surface area contributed by atoms with Gasteiger partial charge in [-0.15, -0.1) is 11.3 Å². The van der Waals surface area contributed by atoms with Gasteiger partial charge in [0, 0.05) is 11.1 Å². The number of nitrogens with one attached hydrogen (secondary N) is 1. The lowest BCUT2D eigenvalue weighted by Crippen LogP contribution is -2.30. The van der Waals surface area contributed by atoms with E-state index < -0.39 is 18.0 Å². The number of rotatable bonds is 5. The number of anilines is 1. The maximum absolute atomic E-state index is 12.3. The molecular formula is C17H19ClN2O4S. The molecule has 25 heavy (non-hydrogen) atoms. The van der Waals surface area contributed by atoms with E-state index in [0.717, 1.165) is 10.6 Å². The molecule has 2 aromatic rings. The molecule has 0 bridgehead atoms. The van der Waals surface area contributed by atoms with Crippen LogP contribution >= 0.6 is 22.9 Å². The Morgan fingerprint density at radius 1 is 1.28 bits per heavy atom. The molecule has 1 atom stereocenters. The van der Waals surface area contributed by atoms with Gasteiger partial charge in [-0.3, -0.25) is 4.79 Å². The monoisotopic (exact) mass is 382 g/mol. The molecule has 0 unspecified atom stereocenters. The zero-order valence-corrected chi connectivity index (χ0v) is 16.2. The van der Waals surface area contributed by atoms with E-state index in [4.69, 9.17) is 21.1 Å². The number of amides is 1. The molecule has 2 rings (SSSR count). The predicted octanol–water partition coefficient (Wildman–Crippen LogP) is 3.91. The third-order valence-corrected chi connectivity index (χ3v) is 4.94. The van der Waals surface area contributed by atoms with Crippen molar-refractivity contribution >= 4 is 40.5 Å². The van der Waals surface area contributed by atoms with Gasteiger partial charge in [-0.1, -0.05) is 11.6 Å². The number of halogens is 1. The summed E-state index contributed by atoms with van der Waals surface area (Å²) in [7, 11) is 1.48. The van der Waals surface area contributed by atoms with E-state index in [1.807, 2.05) is 6.92 Å². The molecule has 1 heterocycles. The molecule has 0 fully saturated rings. The number of thiazole rings is 1. The third-order valence-electron chi connectivity index (χ3n) is 3.48. The highest BCUT2D eigenvalue weighted by Crippen LogP contribution is 2.31. The van der Waals surface area contributed by atoms with Gasteiger partial charge in [-0.25, -0.2) is 9.78 Å². The summed E-state index contributed by atoms with van der Waals surface area (Å²) < 4.78 is 10.5. The first-order valence-electron chi connectivity index (χ1n) is 7.53. The Hall–Kier alpha value is -2.12. The van der Waals surface area contributed by atoms with Gasteiger partial charge in [0.05, 0.1) is 23.5 Å². The van der Waals surface area contributed by atoms with Crippen molar-refractivity contribution in [3.8, 4) is 5.75 Å². The van der Waals surface area contributed by atoms with Crippen LogP contribution in [-0.4, -0.2) is 30.1 Å². The van der Waals surface area contributed by atoms with Gasteiger partial charge >= 0.3 is 5.97 Å². The molecule has 0 radical (unpaired) electrons. The number of benzene rings is 1. The summed E-state index contributed by atoms with van der Waals surface area (Å²) in [4.78, 5) is 29.1. The molecule has 6 nitrogen and oxygen atoms in total. The van der Waals surface area contributed by atoms with E-state index in [-0.39, 0.29) is 0 Å². The lowest BCUT2D eigenvalue weighted by Gasteiger charge is -2.16. The zero-order valence-electron chi connectivity index (χ0n) is 14.6. The lowest BCUT2D eigenvalue weighted by atomic mass is 10.2. The van der Waals surface area contributed by atoms with Crippen molar-refractivity contribution in [3.05, 3.63) is 38.3 Å². The van der Waals surface area contributed by atoms with Crippen molar-refractivity contribution < 1.29 is 19.1 Å². The SMILES string of the molecule is COc1cc(Cl)c(C)cc1NC(=O)[C@H](C)OC(=O)c1sc(C)nc1C. The van der Waals surface area contributed by atoms with Crippen molar-refractivity contribution in [2.45, 2.75) is 33.8 Å². The van der Waals surface area contributed by atoms with Crippen molar-refractivity contribution in [2.75, 3.05) is 12.4 Å². The Morgan fingerprint density at radius 2 is 1.96 bits per heavy atom. The van der Waals surface area contributed by atoms with Gasteiger partial charge in [0.25, 0.3) is 5.91 Å². The number of aryl methyl sites for hydroxylation is 3. The number of aromatic nitrogens is 1. The quantitative estimate of drug-likeness (QED) is 0.793. The average molecular weight is 383 g/mol. The van der Waals surface area contributed by atoms with Crippen molar-refractivity contribution in [1.29, 1.82) is 0 Å². The number of carbonyl (C=O) groups is 2. The molecule has 1 N–H and O–H groups in total. The van der Waals surface area contributed by atoms with E-state index in [2.05, 4.69) is 10.3 Å². The number of hydrogen-bond acceptors (Lipinski definition) is 6. The van der Waals surface area contributed by atoms with E-state index in [0.29, 0.717) is 27.0 Å². The Kier molecular flexibility index (Phi) is 6.02. The Morgan fingerprint density at radius 3 is 2.52 bits per heavy atom. The molecule has 0 spiro atoms. The van der Waals surface area contributed by atoms with Gasteiger partial charge in [0.15, 0.2) is 6.10 Å². The number of hydrogen-bond donors (Lipinski definition) is 1. The molecule has 0 aliphatic carbocycles. The normalized spacial score (nSPS) is 11.8. The van der Waals surface area contributed by atoms with Crippen LogP contribution in [0, 0.1) is 20.8 Å². The van der Waals surface area contributed by atoms with E-state index in [1.165, 1.54) is 25.4 Å². The first-order chi connectivity index (χ1) is 11.7. The van der Waals surface area contributed by atoms with Crippen molar-refractivity contribution in [1.82, 2.24) is 4.98 Å². The van der Waals surface area contributed by atoms with Crippen LogP contribution in [-0.2, 0) is 9.53 Å². The minimum Gasteiger partial charge on any atom is -0.495 e. The molecule has 1 aromatic carbocycles. The fourth-order valence-electron chi connectivity index (χ4n) is 2.15. The molecule has 0 saturated carbocycles. The third kappa shape index (κ3) is 4.49. The molecule has 1 aromatic heterocycles. The van der Waals surface area contributed by atoms with Gasteiger partial charge in [0.1, 0.15) is 10.6 Å². The summed E-state index contributed by atoms with van der Waals surface area (Å²) in [6, 6.07) is 3.32. The summed E-state index contributed by atoms with van der Waals surface area (Å²) in [6.45, 7) is 6.85. The maximum atomic E-state index is 12.3. The second kappa shape index (κ2) is 7.84. The van der Waals surface area contributed by atoms with Crippen LogP contribution in [0.3, 0.4) is 0 Å². The second-order valence-corrected chi connectivity index (χ2v) is 7.10. The minimum absolute atomic E-state index is 0.400. The van der Waals surface area contributed by atoms with Crippen LogP contribution in [0.2, 0.25) is 5.02 Å². The largest absolute Gasteiger partial charge is 0.495 e. The standard InChI is InChI=1S/C17H19ClN2O4S/c1-8-6-13(14(23-5)7-12(8)18)20-16(21)10(3)24-17(22)15-9(2)19-11(4)25-15/h6-7,10H,1-5H3,(H,20,21)/t10-/m0/s1. The van der Waals surface area contributed by atoms with Gasteiger partial charge < -0.3 is 14.8 Å². The zero-order chi connectivity index (χ0) is 18.7. The summed E-state index contributed by atoms with van der Waals surface area (Å²) in [5, 5.41) is 3.99. The molecule has 0 aliphatic rings. The predicted molar refractivity (Wildman–Crippen MR) is 97.8 cm³/mol. The summed E-state index contributed by atoms with van der Waals surface area (Å²) >= 11 is 7.29. The Balaban J connectivity index is 2.09. The minimum atomic E-state index is -0.977. The number of nitrogens with zero attached hydrogens (tertiary/aromatic N) is 1. The fraction of sp³-hybridized carbons (Fsp3) is 0.353. The van der Waals surface area contributed by atoms with Crippen LogP contribution in [0.1, 0.15) is 32.9 Å². The van der Waals surface area contributed by atoms with Crippen LogP contribution in [0.25, 0.3) is 0 Å². The average Bonchev–Trinajstić information content (AvgIpc) is 2.89. The highest BCUT2D eigenvalue weighted by Gasteiger charge is 2.23. The Bertz CT molecular complexity index is 819. The molecule has 1 amide bonds. The van der Waals surface area contributed by atoms with Gasteiger partial charge in [-0.05, 0) is 39.3 Å². The van der Waals surface area contributed by atoms with E-state index in [9.17, 15) is 9.59 Å². The number of ether oxygens (including phenoxy) is 2. The summed E-state index contributed by atoms with van der Waals surface area (Å²) in [5.74, 6) is -0.603. The maximum Gasteiger partial charge on any atom is 0.351 e. The summed E-state index contributed by atoms with van der Waals surface area (Å²) in [5.41, 5.74) is 1.84. The first-order valence-corrected chi connectivity index (χ1v) is 8.72. The smallest absolute Gasteiger partial charge is 0.351 e. The van der Waals surface area contributed by atoms with E-state index >= 15 is 0 Å². The molecule has 0 saturated heterocycles. The molecular weight excluding hydrogens is 364 g/mol. The van der Waals surface area contributed by atoms with Crippen LogP contribution < -0.4 is 10.1 Å².